The Bertz CT molecular complexity index is 794. The molecule has 5 heteroatoms. The molecule has 0 atom stereocenters. The van der Waals surface area contributed by atoms with Gasteiger partial charge in [0, 0.05) is 16.5 Å². The largest absolute Gasteiger partial charge is 0.508 e. The average molecular weight is 313 g/mol. The molecule has 0 bridgehead atoms. The number of fused-ring (bicyclic) bond motifs is 1. The van der Waals surface area contributed by atoms with Crippen molar-refractivity contribution in [3.05, 3.63) is 41.0 Å². The Morgan fingerprint density at radius 3 is 2.55 bits per heavy atom. The van der Waals surface area contributed by atoms with E-state index in [2.05, 4.69) is 42.1 Å². The van der Waals surface area contributed by atoms with E-state index < -0.39 is 0 Å². The molecule has 0 spiro atoms. The molecule has 0 aliphatic heterocycles. The Morgan fingerprint density at radius 2 is 1.91 bits per heavy atom. The van der Waals surface area contributed by atoms with Crippen molar-refractivity contribution < 1.29 is 5.11 Å². The molecular formula is C17H19N3OS. The van der Waals surface area contributed by atoms with Crippen LogP contribution in [0.25, 0.3) is 10.2 Å². The van der Waals surface area contributed by atoms with Crippen molar-refractivity contribution in [2.45, 2.75) is 33.1 Å². The summed E-state index contributed by atoms with van der Waals surface area (Å²) in [5.74, 6) is 2.20. The van der Waals surface area contributed by atoms with Gasteiger partial charge >= 0.3 is 0 Å². The van der Waals surface area contributed by atoms with Crippen LogP contribution in [0.15, 0.2) is 30.3 Å². The first kappa shape index (κ1) is 14.8. The van der Waals surface area contributed by atoms with E-state index in [9.17, 15) is 5.11 Å². The molecule has 0 amide bonds. The van der Waals surface area contributed by atoms with E-state index in [-0.39, 0.29) is 11.7 Å². The number of aromatic nitrogens is 2. The Hall–Kier alpha value is -2.14. The normalized spacial score (nSPS) is 11.3. The molecule has 0 aliphatic carbocycles. The van der Waals surface area contributed by atoms with E-state index in [1.165, 1.54) is 4.88 Å². The number of hydrogen-bond acceptors (Lipinski definition) is 5. The summed E-state index contributed by atoms with van der Waals surface area (Å²) in [6, 6.07) is 9.16. The van der Waals surface area contributed by atoms with Crippen LogP contribution >= 0.6 is 11.3 Å². The molecule has 2 aromatic heterocycles. The molecule has 0 saturated carbocycles. The molecule has 0 aliphatic rings. The summed E-state index contributed by atoms with van der Waals surface area (Å²) < 4.78 is 0. The Balaban J connectivity index is 2.08. The van der Waals surface area contributed by atoms with Gasteiger partial charge in [-0.25, -0.2) is 9.97 Å². The lowest BCUT2D eigenvalue weighted by Crippen LogP contribution is -2.02. The summed E-state index contributed by atoms with van der Waals surface area (Å²) in [4.78, 5) is 11.7. The first-order chi connectivity index (χ1) is 10.6. The molecule has 0 saturated heterocycles. The SMILES string of the molecule is CCc1cc2c(Nc3ccc(O)cc3)nc(C(C)C)nc2s1. The first-order valence-corrected chi connectivity index (χ1v) is 8.25. The van der Waals surface area contributed by atoms with Gasteiger partial charge in [-0.1, -0.05) is 20.8 Å². The molecule has 22 heavy (non-hydrogen) atoms. The van der Waals surface area contributed by atoms with Crippen LogP contribution in [0.1, 0.15) is 37.4 Å². The van der Waals surface area contributed by atoms with Crippen LogP contribution in [0.5, 0.6) is 5.75 Å². The van der Waals surface area contributed by atoms with E-state index in [4.69, 9.17) is 0 Å². The van der Waals surface area contributed by atoms with Gasteiger partial charge in [-0.2, -0.15) is 0 Å². The van der Waals surface area contributed by atoms with E-state index in [0.717, 1.165) is 34.0 Å². The van der Waals surface area contributed by atoms with Crippen molar-refractivity contribution in [3.63, 3.8) is 0 Å². The van der Waals surface area contributed by atoms with Gasteiger partial charge in [-0.15, -0.1) is 11.3 Å². The monoisotopic (exact) mass is 313 g/mol. The van der Waals surface area contributed by atoms with E-state index >= 15 is 0 Å². The molecule has 0 fully saturated rings. The molecule has 114 valence electrons. The summed E-state index contributed by atoms with van der Waals surface area (Å²) >= 11 is 1.72. The minimum atomic E-state index is 0.255. The summed E-state index contributed by atoms with van der Waals surface area (Å²) in [6.07, 6.45) is 0.997. The highest BCUT2D eigenvalue weighted by molar-refractivity contribution is 7.18. The zero-order valence-corrected chi connectivity index (χ0v) is 13.7. The van der Waals surface area contributed by atoms with Crippen LogP contribution in [-0.4, -0.2) is 15.1 Å². The lowest BCUT2D eigenvalue weighted by molar-refractivity contribution is 0.475. The van der Waals surface area contributed by atoms with Gasteiger partial charge < -0.3 is 10.4 Å². The minimum Gasteiger partial charge on any atom is -0.508 e. The van der Waals surface area contributed by atoms with Crippen molar-refractivity contribution in [1.29, 1.82) is 0 Å². The molecule has 3 aromatic rings. The molecule has 1 aromatic carbocycles. The number of aromatic hydroxyl groups is 1. The number of nitrogens with one attached hydrogen (secondary N) is 1. The maximum absolute atomic E-state index is 9.39. The quantitative estimate of drug-likeness (QED) is 0.678. The fourth-order valence-corrected chi connectivity index (χ4v) is 3.17. The van der Waals surface area contributed by atoms with Gasteiger partial charge in [0.25, 0.3) is 0 Å². The number of rotatable bonds is 4. The smallest absolute Gasteiger partial charge is 0.142 e. The molecule has 3 rings (SSSR count). The molecule has 2 heterocycles. The fourth-order valence-electron chi connectivity index (χ4n) is 2.20. The van der Waals surface area contributed by atoms with Crippen LogP contribution in [0.4, 0.5) is 11.5 Å². The van der Waals surface area contributed by atoms with Crippen molar-refractivity contribution in [2.75, 3.05) is 5.32 Å². The second-order valence-electron chi connectivity index (χ2n) is 5.54. The van der Waals surface area contributed by atoms with Crippen LogP contribution in [0.2, 0.25) is 0 Å². The number of aryl methyl sites for hydroxylation is 1. The lowest BCUT2D eigenvalue weighted by atomic mass is 10.2. The second kappa shape index (κ2) is 5.93. The topological polar surface area (TPSA) is 58.0 Å². The first-order valence-electron chi connectivity index (χ1n) is 7.43. The molecule has 2 N–H and O–H groups in total. The molecular weight excluding hydrogens is 294 g/mol. The third-order valence-electron chi connectivity index (χ3n) is 3.46. The van der Waals surface area contributed by atoms with E-state index in [1.54, 1.807) is 23.5 Å². The number of hydrogen-bond donors (Lipinski definition) is 2. The number of anilines is 2. The number of phenols is 1. The molecule has 4 nitrogen and oxygen atoms in total. The van der Waals surface area contributed by atoms with Crippen LogP contribution in [0, 0.1) is 0 Å². The number of phenolic OH excluding ortho intramolecular Hbond substituents is 1. The Kier molecular flexibility index (Phi) is 3.98. The van der Waals surface area contributed by atoms with E-state index in [1.807, 2.05) is 12.1 Å². The van der Waals surface area contributed by atoms with Gasteiger partial charge in [0.05, 0.1) is 5.39 Å². The highest BCUT2D eigenvalue weighted by Crippen LogP contribution is 2.32. The highest BCUT2D eigenvalue weighted by Gasteiger charge is 2.13. The number of benzene rings is 1. The van der Waals surface area contributed by atoms with Crippen LogP contribution in [0.3, 0.4) is 0 Å². The van der Waals surface area contributed by atoms with E-state index in [0.29, 0.717) is 0 Å². The van der Waals surface area contributed by atoms with Gasteiger partial charge in [-0.3, -0.25) is 0 Å². The predicted molar refractivity (Wildman–Crippen MR) is 92.3 cm³/mol. The summed E-state index contributed by atoms with van der Waals surface area (Å²) in [7, 11) is 0. The zero-order valence-electron chi connectivity index (χ0n) is 12.9. The van der Waals surface area contributed by atoms with Gasteiger partial charge in [0.1, 0.15) is 22.2 Å². The van der Waals surface area contributed by atoms with Gasteiger partial charge in [0.15, 0.2) is 0 Å². The van der Waals surface area contributed by atoms with Crippen LogP contribution < -0.4 is 5.32 Å². The summed E-state index contributed by atoms with van der Waals surface area (Å²) in [5, 5.41) is 13.8. The van der Waals surface area contributed by atoms with Crippen LogP contribution in [-0.2, 0) is 6.42 Å². The predicted octanol–water partition coefficient (Wildman–Crippen LogP) is 4.83. The zero-order chi connectivity index (χ0) is 15.7. The third kappa shape index (κ3) is 2.90. The maximum Gasteiger partial charge on any atom is 0.142 e. The Morgan fingerprint density at radius 1 is 1.18 bits per heavy atom. The van der Waals surface area contributed by atoms with Crippen molar-refractivity contribution in [1.82, 2.24) is 9.97 Å². The number of thiophene rings is 1. The molecule has 0 radical (unpaired) electrons. The van der Waals surface area contributed by atoms with Gasteiger partial charge in [0.2, 0.25) is 0 Å². The maximum atomic E-state index is 9.39. The lowest BCUT2D eigenvalue weighted by Gasteiger charge is -2.10. The summed E-state index contributed by atoms with van der Waals surface area (Å²) in [6.45, 7) is 6.34. The van der Waals surface area contributed by atoms with Gasteiger partial charge in [-0.05, 0) is 36.8 Å². The highest BCUT2D eigenvalue weighted by atomic mass is 32.1. The van der Waals surface area contributed by atoms with Crippen molar-refractivity contribution >= 4 is 33.1 Å². The summed E-state index contributed by atoms with van der Waals surface area (Å²) in [5.41, 5.74) is 0.900. The number of nitrogens with zero attached hydrogens (tertiary/aromatic N) is 2. The van der Waals surface area contributed by atoms with Crippen molar-refractivity contribution in [3.8, 4) is 5.75 Å². The minimum absolute atomic E-state index is 0.255. The second-order valence-corrected chi connectivity index (χ2v) is 6.66. The average Bonchev–Trinajstić information content (AvgIpc) is 2.93. The third-order valence-corrected chi connectivity index (χ3v) is 4.63. The Labute approximate surface area is 133 Å². The standard InChI is InChI=1S/C17H19N3OS/c1-4-13-9-14-16(18-11-5-7-12(21)8-6-11)19-15(10(2)3)20-17(14)22-13/h5-10,21H,4H2,1-3H3,(H,18,19,20). The van der Waals surface area contributed by atoms with Crippen molar-refractivity contribution in [2.24, 2.45) is 0 Å². The molecule has 0 unspecified atom stereocenters. The fraction of sp³-hybridized carbons (Fsp3) is 0.294.